The quantitative estimate of drug-likeness (QED) is 0.523. The highest BCUT2D eigenvalue weighted by Gasteiger charge is 2.35. The fraction of sp³-hybridized carbons (Fsp3) is 0.857. The molecule has 0 spiro atoms. The van der Waals surface area contributed by atoms with Gasteiger partial charge in [-0.2, -0.15) is 0 Å². The van der Waals surface area contributed by atoms with E-state index in [-0.39, 0.29) is 12.0 Å². The molecule has 0 saturated carbocycles. The van der Waals surface area contributed by atoms with Gasteiger partial charge >= 0.3 is 7.12 Å². The highest BCUT2D eigenvalue weighted by atomic mass is 28.3. The summed E-state index contributed by atoms with van der Waals surface area (Å²) in [7, 11) is -1.83. The Kier molecular flexibility index (Phi) is 8.57. The molecule has 170 valence electrons. The van der Waals surface area contributed by atoms with E-state index < -0.39 is 15.2 Å². The van der Waals surface area contributed by atoms with Gasteiger partial charge in [0.15, 0.2) is 6.29 Å². The third-order valence-corrected chi connectivity index (χ3v) is 8.44. The molecule has 30 heavy (non-hydrogen) atoms. The van der Waals surface area contributed by atoms with Crippen molar-refractivity contribution in [2.45, 2.75) is 91.5 Å². The van der Waals surface area contributed by atoms with E-state index in [1.165, 1.54) is 0 Å². The standard InChI is InChI=1S/C21H39BN2O5Si/c1-16(2)13-19-23-21(22-28-11-12-29-22)18(14-26-20-9-7-8-10-25-20)24(19)15-27-17(3)30(4,5)6/h16-17,20H,7-15H2,1-6H3. The summed E-state index contributed by atoms with van der Waals surface area (Å²) in [5.74, 6) is 1.49. The summed E-state index contributed by atoms with van der Waals surface area (Å²) in [4.78, 5) is 4.96. The van der Waals surface area contributed by atoms with Crippen molar-refractivity contribution in [2.75, 3.05) is 19.8 Å². The molecule has 0 aliphatic carbocycles. The maximum absolute atomic E-state index is 6.34. The first kappa shape index (κ1) is 23.9. The lowest BCUT2D eigenvalue weighted by Crippen LogP contribution is -2.39. The number of imidazole rings is 1. The first-order valence-electron chi connectivity index (χ1n) is 11.4. The molecule has 2 unspecified atom stereocenters. The van der Waals surface area contributed by atoms with E-state index in [4.69, 9.17) is 28.5 Å². The molecular weight excluding hydrogens is 399 g/mol. The number of aromatic nitrogens is 2. The number of hydrogen-bond acceptors (Lipinski definition) is 6. The number of nitrogens with zero attached hydrogens (tertiary/aromatic N) is 2. The monoisotopic (exact) mass is 438 g/mol. The van der Waals surface area contributed by atoms with Crippen LogP contribution in [0.1, 0.15) is 51.6 Å². The predicted octanol–water partition coefficient (Wildman–Crippen LogP) is 3.11. The molecule has 3 rings (SSSR count). The normalized spacial score (nSPS) is 21.6. The SMILES string of the molecule is CC(C)Cc1nc(B2OCCO2)c(COC2CCCCO2)n1COC(C)[Si](C)(C)C. The average molecular weight is 438 g/mol. The second kappa shape index (κ2) is 10.7. The van der Waals surface area contributed by atoms with Crippen LogP contribution >= 0.6 is 0 Å². The van der Waals surface area contributed by atoms with Gasteiger partial charge in [-0.25, -0.2) is 4.98 Å². The lowest BCUT2D eigenvalue weighted by molar-refractivity contribution is -0.170. The molecule has 0 N–H and O–H groups in total. The van der Waals surface area contributed by atoms with Crippen LogP contribution in [0.5, 0.6) is 0 Å². The number of hydrogen-bond donors (Lipinski definition) is 0. The molecule has 1 aromatic rings. The van der Waals surface area contributed by atoms with Crippen molar-refractivity contribution >= 4 is 20.8 Å². The van der Waals surface area contributed by atoms with E-state index >= 15 is 0 Å². The van der Waals surface area contributed by atoms with Crippen LogP contribution in [0.3, 0.4) is 0 Å². The minimum Gasteiger partial charge on any atom is -0.404 e. The molecular formula is C21H39BN2O5Si. The van der Waals surface area contributed by atoms with E-state index in [2.05, 4.69) is 45.0 Å². The van der Waals surface area contributed by atoms with Gasteiger partial charge in [-0.15, -0.1) is 0 Å². The summed E-state index contributed by atoms with van der Waals surface area (Å²) in [6, 6.07) is 0. The molecule has 0 aromatic carbocycles. The second-order valence-electron chi connectivity index (χ2n) is 9.87. The van der Waals surface area contributed by atoms with Crippen molar-refractivity contribution in [3.05, 3.63) is 11.5 Å². The Balaban J connectivity index is 1.85. The van der Waals surface area contributed by atoms with Gasteiger partial charge < -0.3 is 28.1 Å². The molecule has 2 atom stereocenters. The minimum absolute atomic E-state index is 0.157. The van der Waals surface area contributed by atoms with Crippen LogP contribution in [0.4, 0.5) is 0 Å². The van der Waals surface area contributed by atoms with Gasteiger partial charge in [0.05, 0.1) is 39.2 Å². The summed E-state index contributed by atoms with van der Waals surface area (Å²) in [6.45, 7) is 16.4. The highest BCUT2D eigenvalue weighted by Crippen LogP contribution is 2.19. The average Bonchev–Trinajstić information content (AvgIpc) is 3.32. The molecule has 0 amide bonds. The van der Waals surface area contributed by atoms with Crippen molar-refractivity contribution in [3.8, 4) is 0 Å². The van der Waals surface area contributed by atoms with Crippen LogP contribution in [-0.4, -0.2) is 56.6 Å². The molecule has 3 heterocycles. The molecule has 2 saturated heterocycles. The zero-order valence-electron chi connectivity index (χ0n) is 19.6. The summed E-state index contributed by atoms with van der Waals surface area (Å²) in [5, 5.41) is 0. The van der Waals surface area contributed by atoms with Crippen molar-refractivity contribution in [1.29, 1.82) is 0 Å². The Bertz CT molecular complexity index is 667. The van der Waals surface area contributed by atoms with Crippen molar-refractivity contribution in [2.24, 2.45) is 5.92 Å². The Labute approximate surface area is 182 Å². The van der Waals surface area contributed by atoms with Crippen LogP contribution in [-0.2, 0) is 43.3 Å². The van der Waals surface area contributed by atoms with E-state index in [0.29, 0.717) is 32.5 Å². The first-order valence-corrected chi connectivity index (χ1v) is 15.0. The Morgan fingerprint density at radius 2 is 1.87 bits per heavy atom. The number of ether oxygens (including phenoxy) is 3. The highest BCUT2D eigenvalue weighted by molar-refractivity contribution is 6.77. The third kappa shape index (κ3) is 6.40. The molecule has 7 nitrogen and oxygen atoms in total. The Hall–Kier alpha value is -0.708. The summed E-state index contributed by atoms with van der Waals surface area (Å²) < 4.78 is 32.1. The first-order chi connectivity index (χ1) is 14.3. The summed E-state index contributed by atoms with van der Waals surface area (Å²) >= 11 is 0. The predicted molar refractivity (Wildman–Crippen MR) is 120 cm³/mol. The van der Waals surface area contributed by atoms with Gasteiger partial charge in [0.25, 0.3) is 0 Å². The van der Waals surface area contributed by atoms with Crippen LogP contribution < -0.4 is 5.59 Å². The van der Waals surface area contributed by atoms with E-state index in [9.17, 15) is 0 Å². The third-order valence-electron chi connectivity index (χ3n) is 5.84. The lowest BCUT2D eigenvalue weighted by atomic mass is 9.83. The fourth-order valence-corrected chi connectivity index (χ4v) is 4.11. The largest absolute Gasteiger partial charge is 0.515 e. The maximum atomic E-state index is 6.34. The zero-order valence-corrected chi connectivity index (χ0v) is 20.6. The van der Waals surface area contributed by atoms with Gasteiger partial charge in [0.2, 0.25) is 0 Å². The molecule has 0 radical (unpaired) electrons. The van der Waals surface area contributed by atoms with Gasteiger partial charge in [0.1, 0.15) is 12.6 Å². The van der Waals surface area contributed by atoms with Gasteiger partial charge in [-0.05, 0) is 32.1 Å². The van der Waals surface area contributed by atoms with Crippen LogP contribution in [0, 0.1) is 5.92 Å². The van der Waals surface area contributed by atoms with Crippen molar-refractivity contribution in [1.82, 2.24) is 9.55 Å². The van der Waals surface area contributed by atoms with E-state index in [1.807, 2.05) is 0 Å². The van der Waals surface area contributed by atoms with Crippen LogP contribution in [0.15, 0.2) is 0 Å². The van der Waals surface area contributed by atoms with Crippen LogP contribution in [0.2, 0.25) is 19.6 Å². The van der Waals surface area contributed by atoms with Gasteiger partial charge in [-0.1, -0.05) is 33.5 Å². The van der Waals surface area contributed by atoms with Crippen LogP contribution in [0.25, 0.3) is 0 Å². The zero-order chi connectivity index (χ0) is 21.7. The van der Waals surface area contributed by atoms with E-state index in [1.54, 1.807) is 0 Å². The van der Waals surface area contributed by atoms with Gasteiger partial charge in [0, 0.05) is 18.8 Å². The molecule has 1 aromatic heterocycles. The smallest absolute Gasteiger partial charge is 0.404 e. The molecule has 0 bridgehead atoms. The van der Waals surface area contributed by atoms with Crippen molar-refractivity contribution in [3.63, 3.8) is 0 Å². The topological polar surface area (TPSA) is 64.0 Å². The second-order valence-corrected chi connectivity index (χ2v) is 15.4. The fourth-order valence-electron chi connectivity index (χ4n) is 3.54. The summed E-state index contributed by atoms with van der Waals surface area (Å²) in [5.41, 5.74) is 2.04. The summed E-state index contributed by atoms with van der Waals surface area (Å²) in [6.07, 6.45) is 3.89. The Morgan fingerprint density at radius 1 is 1.13 bits per heavy atom. The van der Waals surface area contributed by atoms with Gasteiger partial charge in [-0.3, -0.25) is 0 Å². The molecule has 9 heteroatoms. The Morgan fingerprint density at radius 3 is 2.47 bits per heavy atom. The molecule has 2 fully saturated rings. The molecule has 2 aliphatic rings. The van der Waals surface area contributed by atoms with E-state index in [0.717, 1.165) is 49.4 Å². The lowest BCUT2D eigenvalue weighted by Gasteiger charge is -2.27. The number of rotatable bonds is 10. The minimum atomic E-state index is -1.40. The van der Waals surface area contributed by atoms with Crippen molar-refractivity contribution < 1.29 is 23.5 Å². The maximum Gasteiger partial charge on any atom is 0.515 e. The molecule has 2 aliphatic heterocycles.